The first-order valence-electron chi connectivity index (χ1n) is 4.83. The van der Waals surface area contributed by atoms with Gasteiger partial charge in [0.1, 0.15) is 5.82 Å². The highest BCUT2D eigenvalue weighted by atomic mass is 35.5. The van der Waals surface area contributed by atoms with Gasteiger partial charge in [0.15, 0.2) is 0 Å². The minimum atomic E-state index is -0.402. The van der Waals surface area contributed by atoms with Gasteiger partial charge in [-0.15, -0.1) is 0 Å². The molecule has 3 N–H and O–H groups in total. The van der Waals surface area contributed by atoms with E-state index >= 15 is 0 Å². The number of nitrogens with two attached hydrogens (primary N) is 1. The van der Waals surface area contributed by atoms with Crippen molar-refractivity contribution in [2.24, 2.45) is 11.1 Å². The summed E-state index contributed by atoms with van der Waals surface area (Å²) in [5.74, 6) is -0.402. The lowest BCUT2D eigenvalue weighted by Gasteiger charge is -2.23. The number of rotatable bonds is 4. The summed E-state index contributed by atoms with van der Waals surface area (Å²) in [5, 5.41) is 3.30. The number of anilines is 1. The van der Waals surface area contributed by atoms with Crippen molar-refractivity contribution in [3.8, 4) is 0 Å². The molecule has 0 spiro atoms. The minimum Gasteiger partial charge on any atom is -0.384 e. The van der Waals surface area contributed by atoms with Crippen LogP contribution in [0, 0.1) is 11.2 Å². The molecule has 4 heteroatoms. The third kappa shape index (κ3) is 3.68. The molecule has 0 saturated carbocycles. The second-order valence-electron chi connectivity index (χ2n) is 4.35. The first kappa shape index (κ1) is 12.3. The van der Waals surface area contributed by atoms with Crippen LogP contribution in [-0.2, 0) is 0 Å². The van der Waals surface area contributed by atoms with E-state index < -0.39 is 5.82 Å². The Morgan fingerprint density at radius 3 is 2.67 bits per heavy atom. The highest BCUT2D eigenvalue weighted by Crippen LogP contribution is 2.21. The van der Waals surface area contributed by atoms with Crippen molar-refractivity contribution < 1.29 is 4.39 Å². The van der Waals surface area contributed by atoms with Gasteiger partial charge in [0.25, 0.3) is 0 Å². The summed E-state index contributed by atoms with van der Waals surface area (Å²) in [6.07, 6.45) is 0. The molecule has 84 valence electrons. The summed E-state index contributed by atoms with van der Waals surface area (Å²) >= 11 is 5.66. The van der Waals surface area contributed by atoms with E-state index in [0.29, 0.717) is 6.54 Å². The molecule has 0 heterocycles. The van der Waals surface area contributed by atoms with E-state index in [1.807, 2.05) is 0 Å². The molecule has 2 nitrogen and oxygen atoms in total. The molecule has 0 amide bonds. The molecule has 0 radical (unpaired) electrons. The van der Waals surface area contributed by atoms with Crippen LogP contribution in [0.3, 0.4) is 0 Å². The topological polar surface area (TPSA) is 38.0 Å². The van der Waals surface area contributed by atoms with E-state index in [0.717, 1.165) is 12.2 Å². The molecular formula is C11H16ClFN2. The molecule has 0 aromatic heterocycles. The molecule has 0 saturated heterocycles. The van der Waals surface area contributed by atoms with Gasteiger partial charge in [0, 0.05) is 12.2 Å². The number of nitrogens with one attached hydrogen (secondary N) is 1. The van der Waals surface area contributed by atoms with Crippen molar-refractivity contribution in [2.45, 2.75) is 13.8 Å². The van der Waals surface area contributed by atoms with Crippen molar-refractivity contribution in [3.63, 3.8) is 0 Å². The maximum Gasteiger partial charge on any atom is 0.141 e. The summed E-state index contributed by atoms with van der Waals surface area (Å²) in [6, 6.07) is 4.58. The zero-order valence-corrected chi connectivity index (χ0v) is 9.74. The van der Waals surface area contributed by atoms with Crippen molar-refractivity contribution >= 4 is 17.3 Å². The fraction of sp³-hybridized carbons (Fsp3) is 0.455. The summed E-state index contributed by atoms with van der Waals surface area (Å²) in [4.78, 5) is 0. The lowest BCUT2D eigenvalue weighted by molar-refractivity contribution is 0.405. The fourth-order valence-corrected chi connectivity index (χ4v) is 1.20. The Hall–Kier alpha value is -0.800. The Morgan fingerprint density at radius 1 is 1.47 bits per heavy atom. The van der Waals surface area contributed by atoms with Gasteiger partial charge >= 0.3 is 0 Å². The van der Waals surface area contributed by atoms with Crippen LogP contribution in [0.25, 0.3) is 0 Å². The van der Waals surface area contributed by atoms with Crippen LogP contribution < -0.4 is 11.1 Å². The monoisotopic (exact) mass is 230 g/mol. The molecule has 0 aliphatic heterocycles. The maximum atomic E-state index is 12.9. The molecule has 0 aliphatic carbocycles. The number of hydrogen-bond donors (Lipinski definition) is 2. The molecule has 1 aromatic rings. The largest absolute Gasteiger partial charge is 0.384 e. The van der Waals surface area contributed by atoms with E-state index in [1.54, 1.807) is 12.1 Å². The van der Waals surface area contributed by atoms with Gasteiger partial charge in [-0.25, -0.2) is 4.39 Å². The predicted molar refractivity (Wildman–Crippen MR) is 62.7 cm³/mol. The minimum absolute atomic E-state index is 0.0147. The van der Waals surface area contributed by atoms with Crippen LogP contribution in [0.4, 0.5) is 10.1 Å². The smallest absolute Gasteiger partial charge is 0.141 e. The van der Waals surface area contributed by atoms with Crippen LogP contribution in [-0.4, -0.2) is 13.1 Å². The molecule has 0 atom stereocenters. The summed E-state index contributed by atoms with van der Waals surface area (Å²) < 4.78 is 12.9. The molecular weight excluding hydrogens is 215 g/mol. The zero-order chi connectivity index (χ0) is 11.5. The molecule has 0 unspecified atom stereocenters. The van der Waals surface area contributed by atoms with Crippen molar-refractivity contribution in [1.82, 2.24) is 0 Å². The Bertz CT molecular complexity index is 339. The van der Waals surface area contributed by atoms with Crippen LogP contribution in [0.1, 0.15) is 13.8 Å². The van der Waals surface area contributed by atoms with Gasteiger partial charge in [-0.1, -0.05) is 25.4 Å². The van der Waals surface area contributed by atoms with E-state index in [9.17, 15) is 4.39 Å². The Labute approximate surface area is 94.6 Å². The Balaban J connectivity index is 2.62. The molecule has 1 aromatic carbocycles. The van der Waals surface area contributed by atoms with Crippen molar-refractivity contribution in [1.29, 1.82) is 0 Å². The Morgan fingerprint density at radius 2 is 2.13 bits per heavy atom. The second kappa shape index (κ2) is 4.81. The number of hydrogen-bond acceptors (Lipinski definition) is 2. The lowest BCUT2D eigenvalue weighted by atomic mass is 9.94. The third-order valence-electron chi connectivity index (χ3n) is 2.24. The molecule has 0 aliphatic rings. The fourth-order valence-electron chi connectivity index (χ4n) is 1.02. The molecule has 15 heavy (non-hydrogen) atoms. The van der Waals surface area contributed by atoms with Gasteiger partial charge in [-0.05, 0) is 30.2 Å². The van der Waals surface area contributed by atoms with Gasteiger partial charge in [-0.3, -0.25) is 0 Å². The maximum absolute atomic E-state index is 12.9. The first-order valence-corrected chi connectivity index (χ1v) is 5.21. The van der Waals surface area contributed by atoms with Gasteiger partial charge < -0.3 is 11.1 Å². The first-order chi connectivity index (χ1) is 6.94. The van der Waals surface area contributed by atoms with Crippen LogP contribution in [0.2, 0.25) is 5.02 Å². The highest BCUT2D eigenvalue weighted by Gasteiger charge is 2.14. The van der Waals surface area contributed by atoms with Crippen LogP contribution in [0.15, 0.2) is 18.2 Å². The van der Waals surface area contributed by atoms with E-state index in [-0.39, 0.29) is 10.4 Å². The van der Waals surface area contributed by atoms with Gasteiger partial charge in [0.05, 0.1) is 5.02 Å². The second-order valence-corrected chi connectivity index (χ2v) is 4.76. The van der Waals surface area contributed by atoms with Crippen molar-refractivity contribution in [3.05, 3.63) is 29.0 Å². The summed E-state index contributed by atoms with van der Waals surface area (Å²) in [6.45, 7) is 5.44. The zero-order valence-electron chi connectivity index (χ0n) is 8.98. The standard InChI is InChI=1S/C11H16ClFN2/c1-11(2,6-14)7-15-8-3-4-10(13)9(12)5-8/h3-5,15H,6-7,14H2,1-2H3. The summed E-state index contributed by atoms with van der Waals surface area (Å²) in [7, 11) is 0. The van der Waals surface area contributed by atoms with Gasteiger partial charge in [-0.2, -0.15) is 0 Å². The third-order valence-corrected chi connectivity index (χ3v) is 2.53. The summed E-state index contributed by atoms with van der Waals surface area (Å²) in [5.41, 5.74) is 6.42. The Kier molecular flexibility index (Phi) is 3.94. The van der Waals surface area contributed by atoms with E-state index in [1.165, 1.54) is 6.07 Å². The predicted octanol–water partition coefficient (Wildman–Crippen LogP) is 2.88. The highest BCUT2D eigenvalue weighted by molar-refractivity contribution is 6.31. The van der Waals surface area contributed by atoms with Crippen LogP contribution in [0.5, 0.6) is 0 Å². The van der Waals surface area contributed by atoms with E-state index in [2.05, 4.69) is 19.2 Å². The van der Waals surface area contributed by atoms with Gasteiger partial charge in [0.2, 0.25) is 0 Å². The molecule has 0 bridgehead atoms. The van der Waals surface area contributed by atoms with Crippen molar-refractivity contribution in [2.75, 3.05) is 18.4 Å². The lowest BCUT2D eigenvalue weighted by Crippen LogP contribution is -2.31. The quantitative estimate of drug-likeness (QED) is 0.835. The van der Waals surface area contributed by atoms with Crippen LogP contribution >= 0.6 is 11.6 Å². The average molecular weight is 231 g/mol. The number of benzene rings is 1. The average Bonchev–Trinajstić information content (AvgIpc) is 2.20. The van der Waals surface area contributed by atoms with E-state index in [4.69, 9.17) is 17.3 Å². The SMILES string of the molecule is CC(C)(CN)CNc1ccc(F)c(Cl)c1. The number of halogens is 2. The normalized spacial score (nSPS) is 11.5. The molecule has 0 fully saturated rings. The molecule has 1 rings (SSSR count).